The molecular formula is C47H60F2N10O5S+2. The molecular weight excluding hydrogens is 855 g/mol. The predicted octanol–water partition coefficient (Wildman–Crippen LogP) is 5.25. The molecule has 1 spiro atoms. The summed E-state index contributed by atoms with van der Waals surface area (Å²) in [6, 6.07) is 14.8. The number of carbonyl (C=O) groups is 4. The van der Waals surface area contributed by atoms with Crippen molar-refractivity contribution in [2.75, 3.05) is 82.7 Å². The first kappa shape index (κ1) is 46.0. The molecule has 0 radical (unpaired) electrons. The van der Waals surface area contributed by atoms with Crippen molar-refractivity contribution in [2.24, 2.45) is 5.41 Å². The number of para-hydroxylation sites is 1. The van der Waals surface area contributed by atoms with Gasteiger partial charge in [0.1, 0.15) is 37.6 Å². The number of alkyl halides is 1. The largest absolute Gasteiger partial charge is 0.442 e. The molecule has 5 aliphatic rings. The number of aromatic nitrogens is 1. The van der Waals surface area contributed by atoms with Crippen LogP contribution in [0.15, 0.2) is 79.3 Å². The first-order valence-corrected chi connectivity index (χ1v) is 22.7. The summed E-state index contributed by atoms with van der Waals surface area (Å²) in [4.78, 5) is 60.8. The monoisotopic (exact) mass is 914 g/mol. The van der Waals surface area contributed by atoms with Crippen LogP contribution in [0.3, 0.4) is 0 Å². The maximum atomic E-state index is 16.5. The lowest BCUT2D eigenvalue weighted by Crippen LogP contribution is -2.74. The van der Waals surface area contributed by atoms with Gasteiger partial charge in [0.25, 0.3) is 12.6 Å². The van der Waals surface area contributed by atoms with Gasteiger partial charge >= 0.3 is 0 Å². The molecule has 65 heavy (non-hydrogen) atoms. The summed E-state index contributed by atoms with van der Waals surface area (Å²) in [5.74, 6) is -0.477. The predicted molar refractivity (Wildman–Crippen MR) is 247 cm³/mol. The lowest BCUT2D eigenvalue weighted by Gasteiger charge is -2.60. The van der Waals surface area contributed by atoms with Crippen molar-refractivity contribution < 1.29 is 42.1 Å². The van der Waals surface area contributed by atoms with Crippen LogP contribution < -0.4 is 16.0 Å². The first-order valence-electron chi connectivity index (χ1n) is 22.3. The molecule has 6 heterocycles. The summed E-state index contributed by atoms with van der Waals surface area (Å²) in [7, 11) is 0. The Labute approximate surface area is 384 Å². The van der Waals surface area contributed by atoms with Crippen molar-refractivity contribution >= 4 is 63.1 Å². The number of likely N-dealkylation sites (tertiary alicyclic amines) is 3. The number of fused-ring (bicyclic) bond motifs is 3. The number of nitrogens with zero attached hydrogens (tertiary/aromatic N) is 7. The van der Waals surface area contributed by atoms with Crippen molar-refractivity contribution in [3.8, 4) is 0 Å². The van der Waals surface area contributed by atoms with Crippen LogP contribution in [0.4, 0.5) is 20.2 Å². The van der Waals surface area contributed by atoms with Crippen molar-refractivity contribution in [1.82, 2.24) is 30.0 Å². The van der Waals surface area contributed by atoms with Crippen LogP contribution >= 0.6 is 12.2 Å². The number of ether oxygens (including phenoxy) is 1. The molecule has 0 aliphatic carbocycles. The van der Waals surface area contributed by atoms with Gasteiger partial charge < -0.3 is 35.4 Å². The van der Waals surface area contributed by atoms with E-state index in [2.05, 4.69) is 39.0 Å². The number of hydrogen-bond acceptors (Lipinski definition) is 9. The fraction of sp³-hybridized carbons (Fsp3) is 0.489. The van der Waals surface area contributed by atoms with Crippen LogP contribution in [0, 0.1) is 5.41 Å². The number of benzene rings is 2. The number of carbonyl (C=O) groups excluding carboxylic acids is 4. The van der Waals surface area contributed by atoms with E-state index in [-0.39, 0.29) is 86.9 Å². The quantitative estimate of drug-likeness (QED) is 0.118. The smallest absolute Gasteiger partial charge is 0.265 e. The molecule has 18 heteroatoms. The van der Waals surface area contributed by atoms with Gasteiger partial charge in [-0.25, -0.2) is 8.87 Å². The van der Waals surface area contributed by atoms with E-state index >= 15 is 4.48 Å². The van der Waals surface area contributed by atoms with E-state index in [1.807, 2.05) is 43.0 Å². The maximum Gasteiger partial charge on any atom is 0.265 e. The summed E-state index contributed by atoms with van der Waals surface area (Å²) < 4.78 is 37.5. The third kappa shape index (κ3) is 9.71. The van der Waals surface area contributed by atoms with Gasteiger partial charge in [0, 0.05) is 96.8 Å². The van der Waals surface area contributed by atoms with Crippen molar-refractivity contribution in [2.45, 2.75) is 71.4 Å². The average Bonchev–Trinajstić information content (AvgIpc) is 3.46. The number of thiocarbonyl (C=S) groups is 1. The standard InChI is InChI=1S/C47H58F2N10O5S/c1-31-20-46(6,48)25-57(31)32(2)21-51-44(63)39-16-17-50-43-38(39)8-7-9-40(43)53-41(61)14-15-42(62)54-26-47(27-54)28-55(29-47)45(65)52-37-12-10-36(11-13-37)24-58-19-18-56(22-33(3)60)59(49,30-58)23-34(4)64-35(58)5/h7-13,16-17,31,35H,2,4,14-15,18-30H2,1,3,5-6H3,(H-2,51,52,53,61,63,65)/p+2/t31?,35-,46?,58?,59?/m1/s1. The summed E-state index contributed by atoms with van der Waals surface area (Å²) in [6.07, 6.45) is 1.65. The molecule has 1 aromatic heterocycles. The zero-order valence-corrected chi connectivity index (χ0v) is 38.5. The average molecular weight is 915 g/mol. The minimum atomic E-state index is -1.30. The number of amides is 3. The molecule has 3 N–H and O–H groups in total. The van der Waals surface area contributed by atoms with E-state index < -0.39 is 10.5 Å². The highest BCUT2D eigenvalue weighted by Crippen LogP contribution is 2.41. The highest BCUT2D eigenvalue weighted by molar-refractivity contribution is 7.80. The Bertz CT molecular complexity index is 2420. The number of anilines is 2. The van der Waals surface area contributed by atoms with Gasteiger partial charge in [0.05, 0.1) is 29.9 Å². The Morgan fingerprint density at radius 2 is 1.72 bits per heavy atom. The van der Waals surface area contributed by atoms with E-state index in [1.54, 1.807) is 41.1 Å². The molecule has 4 unspecified atom stereocenters. The molecule has 3 amide bonds. The minimum Gasteiger partial charge on any atom is -0.442 e. The van der Waals surface area contributed by atoms with Gasteiger partial charge in [-0.05, 0) is 62.1 Å². The van der Waals surface area contributed by atoms with Crippen molar-refractivity contribution in [3.05, 3.63) is 90.5 Å². The van der Waals surface area contributed by atoms with E-state index in [4.69, 9.17) is 17.0 Å². The Balaban J connectivity index is 0.770. The van der Waals surface area contributed by atoms with Crippen molar-refractivity contribution in [1.29, 1.82) is 0 Å². The number of hydrogen-bond donors (Lipinski definition) is 3. The molecule has 5 atom stereocenters. The highest BCUT2D eigenvalue weighted by Gasteiger charge is 2.58. The lowest BCUT2D eigenvalue weighted by atomic mass is 9.73. The van der Waals surface area contributed by atoms with Gasteiger partial charge in [0.15, 0.2) is 17.4 Å². The Kier molecular flexibility index (Phi) is 12.5. The van der Waals surface area contributed by atoms with E-state index in [1.165, 1.54) is 13.1 Å². The number of ketones is 1. The Hall–Kier alpha value is -5.56. The van der Waals surface area contributed by atoms with E-state index in [0.717, 1.165) is 11.3 Å². The Morgan fingerprint density at radius 3 is 2.42 bits per heavy atom. The fourth-order valence-corrected chi connectivity index (χ4v) is 10.6. The zero-order chi connectivity index (χ0) is 46.5. The molecule has 3 aromatic rings. The normalized spacial score (nSPS) is 27.0. The van der Waals surface area contributed by atoms with Crippen LogP contribution in [0.25, 0.3) is 10.9 Å². The molecule has 5 aliphatic heterocycles. The number of rotatable bonds is 13. The summed E-state index contributed by atoms with van der Waals surface area (Å²) in [5, 5.41) is 11.8. The SMILES string of the molecule is C=C1C[N+]2(F)C[N+](Cc3ccc(NC(=S)N4CC5(CN(C(=O)CCC(=O)Nc6cccc7c(C(=O)NCC(=C)N8CC(C)(F)CC8C)ccnc67)C5)C4)cc3)(CCN2CC(C)=O)[C@@H](C)O1. The van der Waals surface area contributed by atoms with Gasteiger partial charge in [-0.1, -0.05) is 42.4 Å². The maximum absolute atomic E-state index is 16.5. The highest BCUT2D eigenvalue weighted by atomic mass is 32.1. The lowest BCUT2D eigenvalue weighted by molar-refractivity contribution is -1.25. The fourth-order valence-electron chi connectivity index (χ4n) is 10.4. The number of pyridine rings is 1. The second-order valence-corrected chi connectivity index (χ2v) is 19.6. The van der Waals surface area contributed by atoms with Crippen LogP contribution in [0.5, 0.6) is 0 Å². The molecule has 15 nitrogen and oxygen atoms in total. The molecule has 2 bridgehead atoms. The number of nitrogens with one attached hydrogen (secondary N) is 3. The second-order valence-electron chi connectivity index (χ2n) is 19.3. The minimum absolute atomic E-state index is 0.00901. The number of quaternary nitrogens is 2. The number of halogens is 2. The molecule has 5 saturated heterocycles. The summed E-state index contributed by atoms with van der Waals surface area (Å²) >= 11 is 5.75. The van der Waals surface area contributed by atoms with E-state index in [0.29, 0.717) is 95.4 Å². The van der Waals surface area contributed by atoms with Crippen LogP contribution in [0.1, 0.15) is 62.9 Å². The number of Topliss-reactive ketones (excluding diaryl/α,β-unsaturated/α-hetero) is 1. The van der Waals surface area contributed by atoms with Crippen LogP contribution in [0.2, 0.25) is 0 Å². The van der Waals surface area contributed by atoms with Crippen LogP contribution in [-0.4, -0.2) is 153 Å². The molecule has 346 valence electrons. The van der Waals surface area contributed by atoms with Crippen molar-refractivity contribution in [3.63, 3.8) is 0 Å². The molecule has 5 fully saturated rings. The summed E-state index contributed by atoms with van der Waals surface area (Å²) in [6.45, 7) is 19.8. The van der Waals surface area contributed by atoms with Gasteiger partial charge in [-0.2, -0.15) is 0 Å². The third-order valence-corrected chi connectivity index (χ3v) is 14.0. The van der Waals surface area contributed by atoms with E-state index in [9.17, 15) is 23.6 Å². The molecule has 0 saturated carbocycles. The first-order chi connectivity index (χ1) is 30.7. The molecule has 8 rings (SSSR count). The van der Waals surface area contributed by atoms with Gasteiger partial charge in [0.2, 0.25) is 18.0 Å². The second kappa shape index (κ2) is 17.7. The molecule has 2 aromatic carbocycles. The van der Waals surface area contributed by atoms with Gasteiger partial charge in [-0.15, -0.1) is 0 Å². The third-order valence-electron chi connectivity index (χ3n) is 13.7. The Morgan fingerprint density at radius 1 is 1.00 bits per heavy atom. The van der Waals surface area contributed by atoms with Gasteiger partial charge in [-0.3, -0.25) is 24.2 Å². The summed E-state index contributed by atoms with van der Waals surface area (Å²) in [5.41, 5.74) is 2.42. The van der Waals surface area contributed by atoms with Crippen LogP contribution in [-0.2, 0) is 25.7 Å². The zero-order valence-electron chi connectivity index (χ0n) is 37.7. The topological polar surface area (TPSA) is 139 Å².